The van der Waals surface area contributed by atoms with Crippen LogP contribution in [0.3, 0.4) is 0 Å². The molecule has 4 rings (SSSR count). The fourth-order valence-corrected chi connectivity index (χ4v) is 5.08. The molecule has 0 atom stereocenters. The van der Waals surface area contributed by atoms with E-state index in [0.717, 1.165) is 18.8 Å². The quantitative estimate of drug-likeness (QED) is 0.481. The van der Waals surface area contributed by atoms with E-state index in [1.165, 1.54) is 20.0 Å². The van der Waals surface area contributed by atoms with Crippen molar-refractivity contribution in [2.75, 3.05) is 19.0 Å². The molecule has 204 valence electrons. The molecule has 2 aromatic rings. The number of methoxy groups -OCH3 is 1. The monoisotopic (exact) mass is 559 g/mol. The van der Waals surface area contributed by atoms with Crippen LogP contribution in [-0.4, -0.2) is 54.7 Å². The second-order valence-corrected chi connectivity index (χ2v) is 10.1. The Balaban J connectivity index is 0.00000121. The maximum atomic E-state index is 13.2. The number of ether oxygens (including phenoxy) is 1. The van der Waals surface area contributed by atoms with Crippen molar-refractivity contribution in [3.8, 4) is 17.0 Å². The zero-order chi connectivity index (χ0) is 27.2. The minimum absolute atomic E-state index is 0.170. The van der Waals surface area contributed by atoms with Crippen molar-refractivity contribution in [2.45, 2.75) is 70.9 Å². The largest absolute Gasteiger partial charge is 0.496 e. The number of nitrogens with zero attached hydrogens (tertiary/aromatic N) is 3. The highest BCUT2D eigenvalue weighted by Crippen LogP contribution is 2.41. The van der Waals surface area contributed by atoms with Gasteiger partial charge in [0.15, 0.2) is 5.69 Å². The molecule has 1 amide bonds. The maximum Gasteiger partial charge on any atom is 0.335 e. The summed E-state index contributed by atoms with van der Waals surface area (Å²) in [6.45, 7) is 5.28. The molecule has 0 radical (unpaired) electrons. The summed E-state index contributed by atoms with van der Waals surface area (Å²) in [5.41, 5.74) is 1.28. The van der Waals surface area contributed by atoms with Crippen molar-refractivity contribution in [1.82, 2.24) is 20.1 Å². The summed E-state index contributed by atoms with van der Waals surface area (Å²) in [6, 6.07) is 1.32. The Morgan fingerprint density at radius 2 is 1.92 bits per heavy atom. The molecule has 2 aliphatic carbocycles. The number of anilines is 1. The fraction of sp³-hybridized carbons (Fsp3) is 0.625. The van der Waals surface area contributed by atoms with Gasteiger partial charge < -0.3 is 15.4 Å². The van der Waals surface area contributed by atoms with E-state index < -0.39 is 17.5 Å². The fourth-order valence-electron chi connectivity index (χ4n) is 4.76. The highest BCUT2D eigenvalue weighted by atomic mass is 35.5. The predicted octanol–water partition coefficient (Wildman–Crippen LogP) is 4.72. The van der Waals surface area contributed by atoms with Crippen LogP contribution in [0, 0.1) is 11.8 Å². The van der Waals surface area contributed by atoms with Crippen molar-refractivity contribution < 1.29 is 26.7 Å². The van der Waals surface area contributed by atoms with Crippen molar-refractivity contribution in [2.24, 2.45) is 11.8 Å². The molecule has 2 fully saturated rings. The molecule has 0 saturated heterocycles. The number of carbonyl (C=O) groups is 1. The lowest BCUT2D eigenvalue weighted by Crippen LogP contribution is -2.44. The van der Waals surface area contributed by atoms with E-state index in [1.54, 1.807) is 16.9 Å². The van der Waals surface area contributed by atoms with Gasteiger partial charge in [0.2, 0.25) is 0 Å². The standard InChI is InChI=1S/C24H32ClF2N5O2.O2S/c1-4-32-22(17-13-28-19(9-18(17)34-3)30-16-10-24(26,27)11-16)20(25)21(31-32)23(33)29-12-15-7-5-14(2)6-8-15;1-3-2/h9,13-16H,4-8,10-12H2,1-3H3,(H,28,30)(H,29,33);. The first-order chi connectivity index (χ1) is 17.6. The van der Waals surface area contributed by atoms with Crippen molar-refractivity contribution in [3.63, 3.8) is 0 Å². The Morgan fingerprint density at radius 1 is 1.27 bits per heavy atom. The average Bonchev–Trinajstić information content (AvgIpc) is 3.19. The first-order valence-electron chi connectivity index (χ1n) is 12.3. The number of rotatable bonds is 8. The van der Waals surface area contributed by atoms with E-state index >= 15 is 0 Å². The van der Waals surface area contributed by atoms with Crippen LogP contribution in [0.4, 0.5) is 14.6 Å². The number of carbonyl (C=O) groups excluding carboxylic acids is 1. The number of halogens is 3. The Bertz CT molecular complexity index is 1130. The van der Waals surface area contributed by atoms with Crippen molar-refractivity contribution in [3.05, 3.63) is 23.0 Å². The molecule has 2 N–H and O–H groups in total. The van der Waals surface area contributed by atoms with Gasteiger partial charge in [-0.3, -0.25) is 9.48 Å². The lowest BCUT2D eigenvalue weighted by Gasteiger charge is -2.35. The van der Waals surface area contributed by atoms with E-state index in [1.807, 2.05) is 6.92 Å². The number of amides is 1. The lowest BCUT2D eigenvalue weighted by molar-refractivity contribution is -0.0794. The summed E-state index contributed by atoms with van der Waals surface area (Å²) < 4.78 is 50.1. The molecule has 13 heteroatoms. The third kappa shape index (κ3) is 7.25. The molecule has 0 spiro atoms. The second kappa shape index (κ2) is 12.8. The Hall–Kier alpha value is -2.60. The van der Waals surface area contributed by atoms with Crippen LogP contribution in [0.25, 0.3) is 11.3 Å². The van der Waals surface area contributed by atoms with E-state index in [0.29, 0.717) is 41.8 Å². The summed E-state index contributed by atoms with van der Waals surface area (Å²) in [7, 11) is 1.51. The molecular weight excluding hydrogens is 528 g/mol. The Morgan fingerprint density at radius 3 is 2.49 bits per heavy atom. The van der Waals surface area contributed by atoms with Gasteiger partial charge in [-0.25, -0.2) is 13.8 Å². The van der Waals surface area contributed by atoms with Gasteiger partial charge in [-0.15, -0.1) is 0 Å². The molecule has 2 aliphatic rings. The van der Waals surface area contributed by atoms with Crippen LogP contribution in [0.5, 0.6) is 5.75 Å². The molecule has 2 saturated carbocycles. The number of aromatic nitrogens is 3. The molecule has 37 heavy (non-hydrogen) atoms. The van der Waals surface area contributed by atoms with Crippen LogP contribution in [0.15, 0.2) is 12.3 Å². The van der Waals surface area contributed by atoms with Crippen molar-refractivity contribution >= 4 is 34.9 Å². The highest BCUT2D eigenvalue weighted by molar-refractivity contribution is 7.51. The van der Waals surface area contributed by atoms with Crippen LogP contribution in [-0.2, 0) is 18.1 Å². The molecule has 0 unspecified atom stereocenters. The summed E-state index contributed by atoms with van der Waals surface area (Å²) >= 11 is 5.92. The SMILES string of the molecule is CCn1nc(C(=O)NCC2CCC(C)CC2)c(Cl)c1-c1cnc(NC2CC(F)(F)C2)cc1OC.O=S=O. The molecular formula is C24H32ClF2N5O4S. The smallest absolute Gasteiger partial charge is 0.335 e. The first-order valence-corrected chi connectivity index (χ1v) is 13.3. The summed E-state index contributed by atoms with van der Waals surface area (Å²) in [5.74, 6) is -0.776. The van der Waals surface area contributed by atoms with Gasteiger partial charge in [-0.05, 0) is 31.6 Å². The molecule has 9 nitrogen and oxygen atoms in total. The van der Waals surface area contributed by atoms with Crippen LogP contribution >= 0.6 is 11.6 Å². The van der Waals surface area contributed by atoms with Crippen molar-refractivity contribution in [1.29, 1.82) is 0 Å². The molecule has 0 aromatic carbocycles. The Labute approximate surface area is 223 Å². The number of pyridine rings is 1. The zero-order valence-electron chi connectivity index (χ0n) is 21.1. The normalized spacial score (nSPS) is 20.7. The zero-order valence-corrected chi connectivity index (χ0v) is 22.6. The van der Waals surface area contributed by atoms with Gasteiger partial charge in [0.1, 0.15) is 11.6 Å². The van der Waals surface area contributed by atoms with E-state index in [-0.39, 0.29) is 35.5 Å². The van der Waals surface area contributed by atoms with Gasteiger partial charge in [0.05, 0.1) is 23.4 Å². The van der Waals surface area contributed by atoms with Gasteiger partial charge in [-0.1, -0.05) is 31.4 Å². The minimum atomic E-state index is -2.62. The van der Waals surface area contributed by atoms with Gasteiger partial charge in [0, 0.05) is 44.2 Å². The molecule has 2 heterocycles. The third-order valence-corrected chi connectivity index (χ3v) is 7.24. The first kappa shape index (κ1) is 29.0. The third-order valence-electron chi connectivity index (χ3n) is 6.88. The average molecular weight is 560 g/mol. The van der Waals surface area contributed by atoms with Crippen LogP contribution in [0.1, 0.15) is 62.9 Å². The van der Waals surface area contributed by atoms with Gasteiger partial charge in [-0.2, -0.15) is 13.5 Å². The second-order valence-electron chi connectivity index (χ2n) is 9.61. The maximum absolute atomic E-state index is 13.2. The van der Waals surface area contributed by atoms with Gasteiger partial charge in [0.25, 0.3) is 11.8 Å². The summed E-state index contributed by atoms with van der Waals surface area (Å²) in [6.07, 6.45) is 5.75. The Kier molecular flexibility index (Phi) is 10.00. The van der Waals surface area contributed by atoms with Crippen LogP contribution < -0.4 is 15.4 Å². The topological polar surface area (TPSA) is 115 Å². The van der Waals surface area contributed by atoms with E-state index in [2.05, 4.69) is 27.6 Å². The van der Waals surface area contributed by atoms with E-state index in [9.17, 15) is 13.6 Å². The summed E-state index contributed by atoms with van der Waals surface area (Å²) in [4.78, 5) is 17.3. The number of nitrogens with one attached hydrogen (secondary N) is 2. The minimum Gasteiger partial charge on any atom is -0.496 e. The number of aryl methyl sites for hydroxylation is 1. The number of alkyl halides is 2. The summed E-state index contributed by atoms with van der Waals surface area (Å²) in [5, 5.41) is 10.7. The lowest BCUT2D eigenvalue weighted by atomic mass is 9.83. The van der Waals surface area contributed by atoms with E-state index in [4.69, 9.17) is 24.8 Å². The molecule has 2 aromatic heterocycles. The van der Waals surface area contributed by atoms with Crippen LogP contribution in [0.2, 0.25) is 5.02 Å². The highest BCUT2D eigenvalue weighted by Gasteiger charge is 2.45. The predicted molar refractivity (Wildman–Crippen MR) is 137 cm³/mol. The number of hydrogen-bond acceptors (Lipinski definition) is 7. The molecule has 0 aliphatic heterocycles. The molecule has 0 bridgehead atoms. The number of hydrogen-bond donors (Lipinski definition) is 2. The van der Waals surface area contributed by atoms with Gasteiger partial charge >= 0.3 is 11.6 Å².